The average molecular weight is 318 g/mol. The summed E-state index contributed by atoms with van der Waals surface area (Å²) < 4.78 is 0. The predicted molar refractivity (Wildman–Crippen MR) is 93.5 cm³/mol. The number of benzene rings is 4. The lowest BCUT2D eigenvalue weighted by Crippen LogP contribution is -1.87. The second kappa shape index (κ2) is 5.06. The fraction of sp³-hybridized carbons (Fsp3) is 0. The van der Waals surface area contributed by atoms with Crippen molar-refractivity contribution in [3.05, 3.63) is 60.7 Å². The molecule has 4 N–H and O–H groups in total. The van der Waals surface area contributed by atoms with E-state index in [1.165, 1.54) is 12.1 Å². The number of fused-ring (bicyclic) bond motifs is 2. The Morgan fingerprint density at radius 3 is 1.29 bits per heavy atom. The Morgan fingerprint density at radius 1 is 0.458 bits per heavy atom. The number of aromatic hydroxyl groups is 4. The van der Waals surface area contributed by atoms with E-state index in [1.807, 2.05) is 0 Å². The summed E-state index contributed by atoms with van der Waals surface area (Å²) in [5.74, 6) is 0.325. The molecule has 0 unspecified atom stereocenters. The number of phenols is 4. The summed E-state index contributed by atoms with van der Waals surface area (Å²) >= 11 is 0. The van der Waals surface area contributed by atoms with E-state index in [0.717, 1.165) is 10.8 Å². The Labute approximate surface area is 137 Å². The molecule has 0 aliphatic heterocycles. The van der Waals surface area contributed by atoms with Crippen LogP contribution in [0.3, 0.4) is 0 Å². The van der Waals surface area contributed by atoms with Crippen LogP contribution >= 0.6 is 0 Å². The fourth-order valence-corrected chi connectivity index (χ4v) is 3.14. The quantitative estimate of drug-likeness (QED) is 0.417. The van der Waals surface area contributed by atoms with Gasteiger partial charge in [0.05, 0.1) is 0 Å². The average Bonchev–Trinajstić information content (AvgIpc) is 2.56. The zero-order chi connectivity index (χ0) is 16.8. The second-order valence-electron chi connectivity index (χ2n) is 5.73. The Hall–Kier alpha value is -3.40. The molecule has 4 heteroatoms. The smallest absolute Gasteiger partial charge is 0.124 e. The van der Waals surface area contributed by atoms with E-state index in [1.54, 1.807) is 48.5 Å². The minimum Gasteiger partial charge on any atom is -0.508 e. The molecular formula is C20H14O4. The molecule has 0 fully saturated rings. The highest BCUT2D eigenvalue weighted by Gasteiger charge is 2.17. The fourth-order valence-electron chi connectivity index (χ4n) is 3.14. The number of hydrogen-bond acceptors (Lipinski definition) is 4. The van der Waals surface area contributed by atoms with Gasteiger partial charge in [-0.2, -0.15) is 0 Å². The summed E-state index contributed by atoms with van der Waals surface area (Å²) in [5, 5.41) is 43.2. The van der Waals surface area contributed by atoms with Crippen molar-refractivity contribution in [3.8, 4) is 34.1 Å². The molecule has 0 amide bonds. The lowest BCUT2D eigenvalue weighted by molar-refractivity contribution is 0.470. The summed E-state index contributed by atoms with van der Waals surface area (Å²) in [4.78, 5) is 0. The zero-order valence-corrected chi connectivity index (χ0v) is 12.6. The summed E-state index contributed by atoms with van der Waals surface area (Å²) in [5.41, 5.74) is 0.975. The van der Waals surface area contributed by atoms with Gasteiger partial charge >= 0.3 is 0 Å². The van der Waals surface area contributed by atoms with E-state index in [4.69, 9.17) is 0 Å². The Bertz CT molecular complexity index is 1010. The summed E-state index contributed by atoms with van der Waals surface area (Å²) in [6, 6.07) is 16.2. The third-order valence-electron chi connectivity index (χ3n) is 4.21. The summed E-state index contributed by atoms with van der Waals surface area (Å²) in [7, 11) is 0. The highest BCUT2D eigenvalue weighted by Crippen LogP contribution is 2.45. The van der Waals surface area contributed by atoms with Crippen molar-refractivity contribution >= 4 is 21.5 Å². The highest BCUT2D eigenvalue weighted by atomic mass is 16.3. The third kappa shape index (κ3) is 2.08. The van der Waals surface area contributed by atoms with Gasteiger partial charge in [0.1, 0.15) is 23.0 Å². The van der Waals surface area contributed by atoms with E-state index >= 15 is 0 Å². The molecule has 0 aliphatic rings. The van der Waals surface area contributed by atoms with Gasteiger partial charge in [0.15, 0.2) is 0 Å². The molecule has 0 heterocycles. The van der Waals surface area contributed by atoms with E-state index in [2.05, 4.69) is 0 Å². The zero-order valence-electron chi connectivity index (χ0n) is 12.6. The van der Waals surface area contributed by atoms with E-state index in [-0.39, 0.29) is 23.0 Å². The third-order valence-corrected chi connectivity index (χ3v) is 4.21. The van der Waals surface area contributed by atoms with Gasteiger partial charge in [0, 0.05) is 11.1 Å². The van der Waals surface area contributed by atoms with Crippen LogP contribution in [0.1, 0.15) is 0 Å². The van der Waals surface area contributed by atoms with Gasteiger partial charge in [-0.1, -0.05) is 12.1 Å². The van der Waals surface area contributed by atoms with Crippen molar-refractivity contribution in [2.75, 3.05) is 0 Å². The molecule has 4 nitrogen and oxygen atoms in total. The van der Waals surface area contributed by atoms with Crippen molar-refractivity contribution in [2.45, 2.75) is 0 Å². The molecule has 0 radical (unpaired) electrons. The van der Waals surface area contributed by atoms with Crippen LogP contribution < -0.4 is 0 Å². The number of phenolic OH excluding ortho intramolecular Hbond substituents is 4. The Morgan fingerprint density at radius 2 is 0.875 bits per heavy atom. The van der Waals surface area contributed by atoms with Gasteiger partial charge in [-0.15, -0.1) is 0 Å². The lowest BCUT2D eigenvalue weighted by Gasteiger charge is -2.14. The molecule has 0 bridgehead atoms. The van der Waals surface area contributed by atoms with E-state index in [9.17, 15) is 20.4 Å². The van der Waals surface area contributed by atoms with Crippen LogP contribution in [0.5, 0.6) is 23.0 Å². The van der Waals surface area contributed by atoms with Gasteiger partial charge in [0.25, 0.3) is 0 Å². The molecule has 0 saturated heterocycles. The monoisotopic (exact) mass is 318 g/mol. The van der Waals surface area contributed by atoms with Crippen molar-refractivity contribution in [1.29, 1.82) is 0 Å². The van der Waals surface area contributed by atoms with Gasteiger partial charge in [-0.05, 0) is 70.1 Å². The maximum Gasteiger partial charge on any atom is 0.124 e. The maximum absolute atomic E-state index is 10.4. The number of hydrogen-bond donors (Lipinski definition) is 4. The minimum absolute atomic E-state index is 0.0315. The lowest BCUT2D eigenvalue weighted by atomic mass is 9.92. The van der Waals surface area contributed by atoms with Gasteiger partial charge in [0.2, 0.25) is 0 Å². The normalized spacial score (nSPS) is 11.2. The maximum atomic E-state index is 10.4. The van der Waals surface area contributed by atoms with Crippen molar-refractivity contribution in [1.82, 2.24) is 0 Å². The largest absolute Gasteiger partial charge is 0.508 e. The molecule has 0 aromatic heterocycles. The van der Waals surface area contributed by atoms with Gasteiger partial charge in [-0.3, -0.25) is 0 Å². The van der Waals surface area contributed by atoms with E-state index in [0.29, 0.717) is 21.9 Å². The van der Waals surface area contributed by atoms with E-state index < -0.39 is 0 Å². The van der Waals surface area contributed by atoms with Crippen molar-refractivity contribution in [2.24, 2.45) is 0 Å². The molecule has 118 valence electrons. The first kappa shape index (κ1) is 14.2. The topological polar surface area (TPSA) is 80.9 Å². The minimum atomic E-state index is 0.0315. The van der Waals surface area contributed by atoms with Crippen LogP contribution in [0.15, 0.2) is 60.7 Å². The van der Waals surface area contributed by atoms with Crippen LogP contribution in [-0.2, 0) is 0 Å². The molecule has 0 aliphatic carbocycles. The first-order valence-corrected chi connectivity index (χ1v) is 7.44. The van der Waals surface area contributed by atoms with Gasteiger partial charge in [-0.25, -0.2) is 0 Å². The van der Waals surface area contributed by atoms with Gasteiger partial charge < -0.3 is 20.4 Å². The molecule has 0 spiro atoms. The first-order chi connectivity index (χ1) is 11.5. The molecule has 4 rings (SSSR count). The molecule has 4 aromatic rings. The Balaban J connectivity index is 2.17. The first-order valence-electron chi connectivity index (χ1n) is 7.44. The summed E-state index contributed by atoms with van der Waals surface area (Å²) in [6.07, 6.45) is 0. The molecule has 24 heavy (non-hydrogen) atoms. The molecule has 0 atom stereocenters. The Kier molecular flexibility index (Phi) is 3.00. The second-order valence-corrected chi connectivity index (χ2v) is 5.73. The SMILES string of the molecule is Oc1ccc2c(-c3c(O)ccc4cc(O)ccc34)c(O)ccc2c1. The van der Waals surface area contributed by atoms with Crippen LogP contribution in [0.2, 0.25) is 0 Å². The highest BCUT2D eigenvalue weighted by molar-refractivity contribution is 6.09. The summed E-state index contributed by atoms with van der Waals surface area (Å²) in [6.45, 7) is 0. The van der Waals surface area contributed by atoms with Crippen molar-refractivity contribution < 1.29 is 20.4 Å². The van der Waals surface area contributed by atoms with Crippen LogP contribution in [0.4, 0.5) is 0 Å². The van der Waals surface area contributed by atoms with Crippen LogP contribution in [-0.4, -0.2) is 20.4 Å². The van der Waals surface area contributed by atoms with Crippen molar-refractivity contribution in [3.63, 3.8) is 0 Å². The molecule has 0 saturated carbocycles. The van der Waals surface area contributed by atoms with Crippen LogP contribution in [0.25, 0.3) is 32.7 Å². The number of rotatable bonds is 1. The molecule has 4 aromatic carbocycles. The standard InChI is InChI=1S/C20H14O4/c21-13-3-5-15-11(9-13)1-7-17(23)19(15)20-16-6-4-14(22)10-12(16)2-8-18(20)24/h1-10,21-24H. The molecular weight excluding hydrogens is 304 g/mol. The predicted octanol–water partition coefficient (Wildman–Crippen LogP) is 4.48. The van der Waals surface area contributed by atoms with Crippen LogP contribution in [0, 0.1) is 0 Å².